The van der Waals surface area contributed by atoms with E-state index in [2.05, 4.69) is 10.6 Å². The first-order chi connectivity index (χ1) is 42.1. The van der Waals surface area contributed by atoms with Crippen molar-refractivity contribution in [3.63, 3.8) is 0 Å². The third kappa shape index (κ3) is 13.7. The number of carbonyl (C=O) groups excluding carboxylic acids is 12. The molecule has 7 rings (SSSR count). The number of nitrogen functional groups attached to an aromatic ring is 1. The van der Waals surface area contributed by atoms with Gasteiger partial charge >= 0.3 is 24.0 Å². The van der Waals surface area contributed by atoms with E-state index in [1.165, 1.54) is 80.7 Å². The Morgan fingerprint density at radius 3 is 1.44 bits per heavy atom. The highest BCUT2D eigenvalue weighted by Gasteiger charge is 2.46. The van der Waals surface area contributed by atoms with Crippen molar-refractivity contribution in [2.24, 2.45) is 23.7 Å². The molecule has 8 atom stereocenters. The van der Waals surface area contributed by atoms with Crippen LogP contribution in [-0.2, 0) is 47.8 Å². The fourth-order valence-corrected chi connectivity index (χ4v) is 12.3. The van der Waals surface area contributed by atoms with Gasteiger partial charge in [-0.3, -0.25) is 53.0 Å². The fraction of sp³-hybridized carbons (Fsp3) is 0.613. The van der Waals surface area contributed by atoms with E-state index in [4.69, 9.17) is 24.6 Å². The van der Waals surface area contributed by atoms with Crippen molar-refractivity contribution in [1.82, 2.24) is 54.8 Å². The topological polar surface area (TPSA) is 342 Å². The molecule has 0 saturated carbocycles. The van der Waals surface area contributed by atoms with E-state index >= 15 is 9.59 Å². The van der Waals surface area contributed by atoms with E-state index in [-0.39, 0.29) is 59.6 Å². The zero-order valence-corrected chi connectivity index (χ0v) is 54.3. The van der Waals surface area contributed by atoms with Crippen LogP contribution >= 0.6 is 0 Å². The molecular formula is C62H86N12O16. The number of aryl methyl sites for hydroxylation is 1. The lowest BCUT2D eigenvalue weighted by Gasteiger charge is -2.37. The summed E-state index contributed by atoms with van der Waals surface area (Å²) in [5.74, 6) is -9.92. The van der Waals surface area contributed by atoms with Crippen molar-refractivity contribution in [2.45, 2.75) is 157 Å². The molecule has 10 amide bonds. The lowest BCUT2D eigenvalue weighted by atomic mass is 9.97. The molecule has 4 N–H and O–H groups in total. The minimum atomic E-state index is -1.63. The molecule has 1 aromatic rings. The smallest absolute Gasteiger partial charge is 0.331 e. The number of rotatable bonds is 10. The number of fused-ring (bicyclic) bond motifs is 4. The maximum absolute atomic E-state index is 15.3. The zero-order valence-electron chi connectivity index (χ0n) is 54.3. The number of hydrogen-bond acceptors (Lipinski definition) is 18. The van der Waals surface area contributed by atoms with Crippen molar-refractivity contribution < 1.29 is 71.4 Å². The monoisotopic (exact) mass is 1250 g/mol. The molecule has 0 bridgehead atoms. The number of hydrogen-bond donors (Lipinski definition) is 3. The molecule has 0 aromatic heterocycles. The summed E-state index contributed by atoms with van der Waals surface area (Å²) in [5, 5.41) is 5.45. The van der Waals surface area contributed by atoms with Crippen LogP contribution < -0.4 is 21.8 Å². The zero-order chi connectivity index (χ0) is 67.0. The lowest BCUT2D eigenvalue weighted by Crippen LogP contribution is -2.60. The number of amides is 10. The minimum absolute atomic E-state index is 0.0448. The number of esters is 2. The maximum atomic E-state index is 15.3. The predicted octanol–water partition coefficient (Wildman–Crippen LogP) is 2.60. The van der Waals surface area contributed by atoms with Gasteiger partial charge in [-0.05, 0) is 88.7 Å². The highest BCUT2D eigenvalue weighted by molar-refractivity contribution is 6.12. The van der Waals surface area contributed by atoms with Gasteiger partial charge in [0.15, 0.2) is 35.4 Å². The van der Waals surface area contributed by atoms with Crippen molar-refractivity contribution in [1.29, 1.82) is 0 Å². The number of ether oxygens (including phenoxy) is 2. The molecule has 28 heteroatoms. The Kier molecular flexibility index (Phi) is 21.1. The number of ketones is 2. The Balaban J connectivity index is 1.32. The molecule has 6 aliphatic rings. The molecule has 28 nitrogen and oxygen atoms in total. The largest absolute Gasteiger partial charge is 0.452 e. The summed E-state index contributed by atoms with van der Waals surface area (Å²) in [7, 11) is 5.60. The van der Waals surface area contributed by atoms with Crippen LogP contribution in [-0.4, -0.2) is 231 Å². The Morgan fingerprint density at radius 1 is 0.611 bits per heavy atom. The number of cyclic esters (lactones) is 2. The summed E-state index contributed by atoms with van der Waals surface area (Å²) in [5.41, 5.74) is 4.00. The van der Waals surface area contributed by atoms with Gasteiger partial charge in [0, 0.05) is 52.4 Å². The van der Waals surface area contributed by atoms with Gasteiger partial charge in [0.2, 0.25) is 40.9 Å². The first kappa shape index (κ1) is 68.8. The second kappa shape index (κ2) is 27.6. The summed E-state index contributed by atoms with van der Waals surface area (Å²) in [6, 6.07) is -6.27. The number of likely N-dealkylation sites (N-methyl/N-ethyl adjacent to an activating group) is 4. The molecule has 5 heterocycles. The Hall–Kier alpha value is -8.72. The minimum Gasteiger partial charge on any atom is -0.452 e. The van der Waals surface area contributed by atoms with Gasteiger partial charge in [-0.2, -0.15) is 0 Å². The van der Waals surface area contributed by atoms with Crippen LogP contribution in [0.1, 0.15) is 127 Å². The van der Waals surface area contributed by atoms with Crippen LogP contribution in [0.15, 0.2) is 21.3 Å². The summed E-state index contributed by atoms with van der Waals surface area (Å²) in [6.45, 7) is 16.5. The van der Waals surface area contributed by atoms with E-state index in [0.29, 0.717) is 18.4 Å². The van der Waals surface area contributed by atoms with Crippen LogP contribution in [0.25, 0.3) is 22.6 Å². The molecule has 490 valence electrons. The second-order valence-corrected chi connectivity index (χ2v) is 25.4. The van der Waals surface area contributed by atoms with E-state index in [1.807, 2.05) is 0 Å². The SMILES string of the molecule is Cc1c2oc3c(C)ccc(C(=O)CN4C(=O)N[C@H](C(C)C)C(=O)N5CCC[C@@H]5C(=O)N(C)CC(=O)N(C)C(C(C)C)C(=O)O[C@H]4C)c3nc-2c(C(=O)CN2C(=O)N[C@H](C(C)C)C(=O)N3CCC[C@@H]3C(=O)N(C)CC(=O)N(C)C(C(C)C)C(=O)O[C@H]2C)c(N)c1=O. The quantitative estimate of drug-likeness (QED) is 0.114. The summed E-state index contributed by atoms with van der Waals surface area (Å²) in [4.78, 5) is 201. The fourth-order valence-electron chi connectivity index (χ4n) is 12.3. The van der Waals surface area contributed by atoms with Gasteiger partial charge in [-0.15, -0.1) is 0 Å². The molecule has 0 radical (unpaired) electrons. The van der Waals surface area contributed by atoms with E-state index in [0.717, 1.165) is 19.6 Å². The van der Waals surface area contributed by atoms with Crippen molar-refractivity contribution >= 4 is 87.8 Å². The Bertz CT molecular complexity index is 3420. The second-order valence-electron chi connectivity index (χ2n) is 25.4. The Morgan fingerprint density at radius 2 is 1.03 bits per heavy atom. The van der Waals surface area contributed by atoms with Crippen LogP contribution in [0, 0.1) is 37.5 Å². The number of carbonyl (C=O) groups is 12. The third-order valence-corrected chi connectivity index (χ3v) is 17.5. The van der Waals surface area contributed by atoms with Crippen molar-refractivity contribution in [3.8, 4) is 11.5 Å². The normalized spacial score (nSPS) is 24.7. The van der Waals surface area contributed by atoms with Gasteiger partial charge in [-0.25, -0.2) is 24.2 Å². The summed E-state index contributed by atoms with van der Waals surface area (Å²) in [6.07, 6.45) is -1.74. The number of urea groups is 2. The number of anilines is 1. The maximum Gasteiger partial charge on any atom is 0.331 e. The standard InChI is InChI=1S/C62H86N12O16/c1-29(2)46-57(82)71-23-17-19-38(71)55(80)67(13)27-42(77)69(15)50(31(5)6)59(84)88-35(11)73(61(86)65-46)25-40(75)37-22-21-33(9)53-48(37)64-49-44(45(63)52(79)34(10)54(49)90-53)41(76)26-74-36(12)89-60(85)51(32(7)8)70(16)43(78)28-68(14)56(81)39-20-18-24-72(39)58(83)47(30(3)4)66-62(74)87/h21-22,29-32,35-36,38-39,46-47,50-51H,17-20,23-28,63H2,1-16H3,(H,65,86)(H,66,87)/t35-,36-,38+,39+,46+,47+,50?,51?/m0/s1. The molecule has 4 saturated heterocycles. The van der Waals surface area contributed by atoms with Crippen molar-refractivity contribution in [2.75, 3.05) is 73.2 Å². The Labute approximate surface area is 522 Å². The summed E-state index contributed by atoms with van der Waals surface area (Å²) >= 11 is 0. The predicted molar refractivity (Wildman–Crippen MR) is 326 cm³/mol. The molecular weight excluding hydrogens is 1170 g/mol. The number of benzene rings is 2. The molecule has 5 aliphatic heterocycles. The van der Waals surface area contributed by atoms with E-state index in [1.54, 1.807) is 62.3 Å². The highest BCUT2D eigenvalue weighted by atomic mass is 16.6. The average molecular weight is 1260 g/mol. The van der Waals surface area contributed by atoms with Gasteiger partial charge in [0.1, 0.15) is 47.5 Å². The molecule has 1 aromatic carbocycles. The molecule has 4 fully saturated rings. The molecule has 90 heavy (non-hydrogen) atoms. The van der Waals surface area contributed by atoms with Gasteiger partial charge in [0.05, 0.1) is 37.4 Å². The van der Waals surface area contributed by atoms with Crippen LogP contribution in [0.5, 0.6) is 0 Å². The number of aromatic nitrogens is 1. The first-order valence-corrected chi connectivity index (χ1v) is 30.5. The summed E-state index contributed by atoms with van der Waals surface area (Å²) < 4.78 is 18.3. The van der Waals surface area contributed by atoms with Gasteiger partial charge in [-0.1, -0.05) is 61.5 Å². The number of nitrogens with zero attached hydrogens (tertiary/aromatic N) is 9. The first-order valence-electron chi connectivity index (χ1n) is 30.5. The van der Waals surface area contributed by atoms with E-state index < -0.39 is 186 Å². The molecule has 0 spiro atoms. The number of nitrogens with one attached hydrogen (secondary N) is 2. The molecule has 2 unspecified atom stereocenters. The van der Waals surface area contributed by atoms with E-state index in [9.17, 15) is 52.7 Å². The highest BCUT2D eigenvalue weighted by Crippen LogP contribution is 2.36. The van der Waals surface area contributed by atoms with Crippen LogP contribution in [0.2, 0.25) is 0 Å². The third-order valence-electron chi connectivity index (χ3n) is 17.5. The van der Waals surface area contributed by atoms with Crippen LogP contribution in [0.4, 0.5) is 15.3 Å². The number of nitrogens with two attached hydrogens (primary N) is 1. The lowest BCUT2D eigenvalue weighted by molar-refractivity contribution is -0.166. The average Bonchev–Trinajstić information content (AvgIpc) is 0.893. The van der Waals surface area contributed by atoms with Gasteiger partial charge in [0.25, 0.3) is 0 Å². The van der Waals surface area contributed by atoms with Crippen LogP contribution in [0.3, 0.4) is 0 Å². The molecule has 1 aliphatic carbocycles. The number of Topliss-reactive ketones (excluding diaryl/α,β-unsaturated/α-hetero) is 2. The van der Waals surface area contributed by atoms with Gasteiger partial charge < -0.3 is 59.7 Å². The van der Waals surface area contributed by atoms with Crippen molar-refractivity contribution in [3.05, 3.63) is 44.6 Å².